The van der Waals surface area contributed by atoms with Crippen LogP contribution in [0.15, 0.2) is 30.3 Å². The van der Waals surface area contributed by atoms with Crippen LogP contribution in [0.5, 0.6) is 0 Å². The van der Waals surface area contributed by atoms with Crippen molar-refractivity contribution < 1.29 is 4.74 Å². The number of halogens is 2. The molecule has 20 heavy (non-hydrogen) atoms. The molecular weight excluding hydrogens is 387 g/mol. The summed E-state index contributed by atoms with van der Waals surface area (Å²) in [6, 6.07) is 9.96. The Hall–Kier alpha value is -0.720. The van der Waals surface area contributed by atoms with Crippen LogP contribution in [-0.2, 0) is 10.3 Å². The zero-order valence-corrected chi connectivity index (χ0v) is 14.6. The predicted octanol–water partition coefficient (Wildman–Crippen LogP) is 4.67. The van der Waals surface area contributed by atoms with E-state index in [0.717, 1.165) is 14.8 Å². The molecule has 0 radical (unpaired) electrons. The number of benzene rings is 1. The van der Waals surface area contributed by atoms with Crippen molar-refractivity contribution >= 4 is 34.2 Å². The summed E-state index contributed by atoms with van der Waals surface area (Å²) in [5.41, 5.74) is 1.30. The third-order valence-electron chi connectivity index (χ3n) is 2.90. The summed E-state index contributed by atoms with van der Waals surface area (Å²) in [5.74, 6) is 0.601. The molecule has 0 saturated carbocycles. The van der Waals surface area contributed by atoms with E-state index in [2.05, 4.69) is 32.6 Å². The Morgan fingerprint density at radius 1 is 1.20 bits per heavy atom. The summed E-state index contributed by atoms with van der Waals surface area (Å²) in [5, 5.41) is 0.460. The summed E-state index contributed by atoms with van der Waals surface area (Å²) in [7, 11) is 0. The van der Waals surface area contributed by atoms with Crippen molar-refractivity contribution in [1.82, 2.24) is 9.97 Å². The lowest BCUT2D eigenvalue weighted by Crippen LogP contribution is -2.25. The van der Waals surface area contributed by atoms with Gasteiger partial charge in [-0.2, -0.15) is 0 Å². The molecule has 0 aliphatic heterocycles. The fourth-order valence-electron chi connectivity index (χ4n) is 1.90. The molecule has 2 aromatic rings. The van der Waals surface area contributed by atoms with Crippen molar-refractivity contribution in [1.29, 1.82) is 0 Å². The van der Waals surface area contributed by atoms with Gasteiger partial charge in [-0.25, -0.2) is 9.97 Å². The Morgan fingerprint density at radius 3 is 2.45 bits per heavy atom. The van der Waals surface area contributed by atoms with Gasteiger partial charge in [0.1, 0.15) is 10.8 Å². The molecule has 0 unspecified atom stereocenters. The molecule has 0 aliphatic rings. The minimum atomic E-state index is -0.563. The first-order valence-electron chi connectivity index (χ1n) is 6.38. The van der Waals surface area contributed by atoms with Gasteiger partial charge < -0.3 is 4.74 Å². The highest BCUT2D eigenvalue weighted by Gasteiger charge is 2.26. The zero-order chi connectivity index (χ0) is 14.8. The Balaban J connectivity index is 2.56. The summed E-state index contributed by atoms with van der Waals surface area (Å²) < 4.78 is 6.57. The highest BCUT2D eigenvalue weighted by atomic mass is 127. The lowest BCUT2D eigenvalue weighted by atomic mass is 10.1. The Bertz CT molecular complexity index is 602. The van der Waals surface area contributed by atoms with Crippen LogP contribution >= 0.6 is 34.2 Å². The molecule has 0 amide bonds. The van der Waals surface area contributed by atoms with Crippen molar-refractivity contribution in [3.63, 3.8) is 0 Å². The SMILES string of the molecule is CCOC(C)(C)c1nc(Cl)c(I)c(-c2ccccc2)n1. The highest BCUT2D eigenvalue weighted by molar-refractivity contribution is 14.1. The van der Waals surface area contributed by atoms with Gasteiger partial charge in [-0.3, -0.25) is 0 Å². The zero-order valence-electron chi connectivity index (χ0n) is 11.7. The normalized spacial score (nSPS) is 11.7. The molecule has 0 saturated heterocycles. The van der Waals surface area contributed by atoms with E-state index < -0.39 is 5.60 Å². The minimum Gasteiger partial charge on any atom is -0.368 e. The molecule has 0 aliphatic carbocycles. The van der Waals surface area contributed by atoms with Gasteiger partial charge in [-0.05, 0) is 43.4 Å². The summed E-state index contributed by atoms with van der Waals surface area (Å²) in [4.78, 5) is 9.04. The third kappa shape index (κ3) is 3.30. The Morgan fingerprint density at radius 2 is 1.85 bits per heavy atom. The molecular formula is C15H16ClIN2O. The monoisotopic (exact) mass is 402 g/mol. The predicted molar refractivity (Wildman–Crippen MR) is 89.8 cm³/mol. The second-order valence-electron chi connectivity index (χ2n) is 4.81. The molecule has 0 spiro atoms. The summed E-state index contributed by atoms with van der Waals surface area (Å²) in [6.07, 6.45) is 0. The summed E-state index contributed by atoms with van der Waals surface area (Å²) >= 11 is 8.44. The lowest BCUT2D eigenvalue weighted by molar-refractivity contribution is -0.0207. The van der Waals surface area contributed by atoms with Crippen molar-refractivity contribution in [2.24, 2.45) is 0 Å². The smallest absolute Gasteiger partial charge is 0.162 e. The molecule has 0 bridgehead atoms. The van der Waals surface area contributed by atoms with E-state index in [4.69, 9.17) is 16.3 Å². The van der Waals surface area contributed by atoms with Gasteiger partial charge in [0.2, 0.25) is 0 Å². The fourth-order valence-corrected chi connectivity index (χ4v) is 2.62. The summed E-state index contributed by atoms with van der Waals surface area (Å²) in [6.45, 7) is 6.45. The molecule has 0 atom stereocenters. The van der Waals surface area contributed by atoms with Crippen LogP contribution in [0.1, 0.15) is 26.6 Å². The van der Waals surface area contributed by atoms with Gasteiger partial charge in [-0.1, -0.05) is 41.9 Å². The van der Waals surface area contributed by atoms with Crippen LogP contribution in [0.4, 0.5) is 0 Å². The van der Waals surface area contributed by atoms with E-state index in [0.29, 0.717) is 17.6 Å². The van der Waals surface area contributed by atoms with Crippen LogP contribution in [0.3, 0.4) is 0 Å². The maximum atomic E-state index is 6.26. The third-order valence-corrected chi connectivity index (χ3v) is 4.52. The second-order valence-corrected chi connectivity index (χ2v) is 6.25. The molecule has 0 fully saturated rings. The first-order chi connectivity index (χ1) is 9.45. The fraction of sp³-hybridized carbons (Fsp3) is 0.333. The highest BCUT2D eigenvalue weighted by Crippen LogP contribution is 2.31. The van der Waals surface area contributed by atoms with Gasteiger partial charge in [0.25, 0.3) is 0 Å². The number of rotatable bonds is 4. The largest absolute Gasteiger partial charge is 0.368 e. The maximum absolute atomic E-state index is 6.26. The average molecular weight is 403 g/mol. The van der Waals surface area contributed by atoms with E-state index in [1.807, 2.05) is 51.1 Å². The second kappa shape index (κ2) is 6.37. The molecule has 1 aromatic heterocycles. The van der Waals surface area contributed by atoms with Crippen LogP contribution in [-0.4, -0.2) is 16.6 Å². The van der Waals surface area contributed by atoms with Gasteiger partial charge >= 0.3 is 0 Å². The standard InChI is InChI=1S/C15H16ClIN2O/c1-4-20-15(2,3)14-18-12(11(17)13(16)19-14)10-8-6-5-7-9-10/h5-9H,4H2,1-3H3. The van der Waals surface area contributed by atoms with Gasteiger partial charge in [0.05, 0.1) is 9.26 Å². The van der Waals surface area contributed by atoms with Crippen molar-refractivity contribution in [3.05, 3.63) is 44.9 Å². The minimum absolute atomic E-state index is 0.460. The Kier molecular flexibility index (Phi) is 4.99. The quantitative estimate of drug-likeness (QED) is 0.550. The molecule has 3 nitrogen and oxygen atoms in total. The van der Waals surface area contributed by atoms with Crippen molar-refractivity contribution in [2.75, 3.05) is 6.61 Å². The number of aromatic nitrogens is 2. The first kappa shape index (κ1) is 15.7. The van der Waals surface area contributed by atoms with E-state index >= 15 is 0 Å². The molecule has 1 aromatic carbocycles. The molecule has 5 heteroatoms. The van der Waals surface area contributed by atoms with Crippen molar-refractivity contribution in [3.8, 4) is 11.3 Å². The van der Waals surface area contributed by atoms with E-state index in [1.54, 1.807) is 0 Å². The number of hydrogen-bond acceptors (Lipinski definition) is 3. The van der Waals surface area contributed by atoms with Crippen LogP contribution in [0.2, 0.25) is 5.15 Å². The topological polar surface area (TPSA) is 35.0 Å². The van der Waals surface area contributed by atoms with Crippen LogP contribution in [0, 0.1) is 3.57 Å². The number of ether oxygens (including phenoxy) is 1. The van der Waals surface area contributed by atoms with Crippen LogP contribution in [0.25, 0.3) is 11.3 Å². The molecule has 106 valence electrons. The molecule has 0 N–H and O–H groups in total. The van der Waals surface area contributed by atoms with Crippen LogP contribution < -0.4 is 0 Å². The van der Waals surface area contributed by atoms with E-state index in [-0.39, 0.29) is 0 Å². The maximum Gasteiger partial charge on any atom is 0.162 e. The lowest BCUT2D eigenvalue weighted by Gasteiger charge is -2.24. The number of hydrogen-bond donors (Lipinski definition) is 0. The molecule has 2 rings (SSSR count). The van der Waals surface area contributed by atoms with Crippen molar-refractivity contribution in [2.45, 2.75) is 26.4 Å². The van der Waals surface area contributed by atoms with Gasteiger partial charge in [-0.15, -0.1) is 0 Å². The van der Waals surface area contributed by atoms with Gasteiger partial charge in [0, 0.05) is 12.2 Å². The average Bonchev–Trinajstić information content (AvgIpc) is 2.42. The van der Waals surface area contributed by atoms with E-state index in [1.165, 1.54) is 0 Å². The number of nitrogens with zero attached hydrogens (tertiary/aromatic N) is 2. The first-order valence-corrected chi connectivity index (χ1v) is 7.84. The Labute approximate surface area is 137 Å². The molecule has 1 heterocycles. The van der Waals surface area contributed by atoms with Gasteiger partial charge in [0.15, 0.2) is 5.82 Å². The van der Waals surface area contributed by atoms with E-state index in [9.17, 15) is 0 Å².